The molecule has 0 bridgehead atoms. The highest BCUT2D eigenvalue weighted by Crippen LogP contribution is 2.38. The first-order valence-electron chi connectivity index (χ1n) is 14.1. The molecule has 0 spiro atoms. The number of hydrogen-bond donors (Lipinski definition) is 6. The number of aliphatic hydroxyl groups excluding tert-OH is 5. The van der Waals surface area contributed by atoms with Crippen LogP contribution >= 0.6 is 0 Å². The monoisotopic (exact) mass is 650 g/mol. The minimum absolute atomic E-state index is 0.00518. The van der Waals surface area contributed by atoms with Gasteiger partial charge in [0.05, 0.1) is 26.9 Å². The maximum absolute atomic E-state index is 12.4. The van der Waals surface area contributed by atoms with E-state index in [1.165, 1.54) is 31.4 Å². The van der Waals surface area contributed by atoms with Gasteiger partial charge in [-0.05, 0) is 54.5 Å². The van der Waals surface area contributed by atoms with Gasteiger partial charge in [-0.2, -0.15) is 0 Å². The summed E-state index contributed by atoms with van der Waals surface area (Å²) in [6, 6.07) is 9.68. The van der Waals surface area contributed by atoms with Crippen LogP contribution in [-0.4, -0.2) is 120 Å². The van der Waals surface area contributed by atoms with Crippen LogP contribution in [-0.2, 0) is 28.5 Å². The molecule has 1 aliphatic rings. The number of aromatic hydroxyl groups is 1. The lowest BCUT2D eigenvalue weighted by atomic mass is 9.99. The number of aliphatic hydroxyl groups is 5. The molecule has 15 heteroatoms. The summed E-state index contributed by atoms with van der Waals surface area (Å²) < 4.78 is 36.8. The first kappa shape index (κ1) is 36.3. The molecule has 252 valence electrons. The molecule has 3 rings (SSSR count). The van der Waals surface area contributed by atoms with Crippen LogP contribution < -0.4 is 14.2 Å². The molecule has 2 aromatic rings. The molecule has 1 heterocycles. The number of hydrogen-bond acceptors (Lipinski definition) is 15. The molecule has 0 radical (unpaired) electrons. The predicted octanol–water partition coefficient (Wildman–Crippen LogP) is 0.126. The van der Waals surface area contributed by atoms with Crippen LogP contribution in [0.5, 0.6) is 23.0 Å². The molecule has 6 atom stereocenters. The van der Waals surface area contributed by atoms with Crippen LogP contribution in [0.1, 0.15) is 18.1 Å². The number of ether oxygens (including phenoxy) is 7. The summed E-state index contributed by atoms with van der Waals surface area (Å²) in [5, 5.41) is 59.5. The number of phenols is 1. The van der Waals surface area contributed by atoms with E-state index < -0.39 is 68.8 Å². The largest absolute Gasteiger partial charge is 0.502 e. The van der Waals surface area contributed by atoms with Gasteiger partial charge in [0.2, 0.25) is 12.0 Å². The molecule has 15 nitrogen and oxygen atoms in total. The molecule has 2 aromatic carbocycles. The highest BCUT2D eigenvalue weighted by atomic mass is 16.7. The van der Waals surface area contributed by atoms with Crippen molar-refractivity contribution in [3.05, 3.63) is 59.7 Å². The lowest BCUT2D eigenvalue weighted by molar-refractivity contribution is -0.294. The van der Waals surface area contributed by atoms with E-state index in [2.05, 4.69) is 0 Å². The summed E-state index contributed by atoms with van der Waals surface area (Å²) >= 11 is 0. The van der Waals surface area contributed by atoms with Crippen molar-refractivity contribution >= 4 is 24.1 Å². The van der Waals surface area contributed by atoms with Crippen molar-refractivity contribution in [3.8, 4) is 23.0 Å². The standard InChI is InChI=1S/C31H38O15/c1-3-42-21-8-4-18(5-9-21)6-11-26(35)46-31-30(39)29(38)28(37)24(45-31)16-41-17-44-23-13-19(12-22(40-2)27(23)36)7-10-25(34)43-15-20(33)14-32/h4-13,20,24,28-33,36-39H,3,14-17H2,1-2H3. The quantitative estimate of drug-likeness (QED) is 0.0615. The Morgan fingerprint density at radius 2 is 1.61 bits per heavy atom. The van der Waals surface area contributed by atoms with Crippen molar-refractivity contribution < 1.29 is 73.4 Å². The van der Waals surface area contributed by atoms with Gasteiger partial charge in [0.25, 0.3) is 0 Å². The zero-order valence-corrected chi connectivity index (χ0v) is 25.1. The van der Waals surface area contributed by atoms with Crippen molar-refractivity contribution in [2.45, 2.75) is 43.7 Å². The van der Waals surface area contributed by atoms with Gasteiger partial charge in [-0.25, -0.2) is 9.59 Å². The first-order valence-corrected chi connectivity index (χ1v) is 14.1. The second-order valence-corrected chi connectivity index (χ2v) is 9.79. The molecular weight excluding hydrogens is 612 g/mol. The van der Waals surface area contributed by atoms with Crippen molar-refractivity contribution in [2.75, 3.05) is 40.3 Å². The lowest BCUT2D eigenvalue weighted by Gasteiger charge is -2.39. The average molecular weight is 651 g/mol. The summed E-state index contributed by atoms with van der Waals surface area (Å²) in [4.78, 5) is 24.2. The molecule has 0 amide bonds. The van der Waals surface area contributed by atoms with Crippen LogP contribution in [0.4, 0.5) is 0 Å². The Labute approximate surface area is 264 Å². The fourth-order valence-corrected chi connectivity index (χ4v) is 3.99. The smallest absolute Gasteiger partial charge is 0.333 e. The van der Waals surface area contributed by atoms with E-state index in [-0.39, 0.29) is 23.9 Å². The van der Waals surface area contributed by atoms with Gasteiger partial charge in [-0.15, -0.1) is 0 Å². The van der Waals surface area contributed by atoms with Gasteiger partial charge < -0.3 is 63.8 Å². The number of phenolic OH excluding ortho intramolecular Hbond substituents is 1. The second-order valence-electron chi connectivity index (χ2n) is 9.79. The number of carbonyl (C=O) groups excluding carboxylic acids is 2. The molecule has 1 fully saturated rings. The van der Waals surface area contributed by atoms with E-state index in [0.29, 0.717) is 23.5 Å². The third kappa shape index (κ3) is 10.7. The van der Waals surface area contributed by atoms with E-state index in [0.717, 1.165) is 12.2 Å². The number of methoxy groups -OCH3 is 1. The molecule has 6 unspecified atom stereocenters. The molecule has 0 saturated carbocycles. The SMILES string of the molecule is CCOc1ccc(C=CC(=O)OC2OC(COCOc3cc(C=CC(=O)OCC(O)CO)cc(OC)c3O)C(O)C(O)C2O)cc1. The Hall–Kier alpha value is -4.22. The number of rotatable bonds is 16. The highest BCUT2D eigenvalue weighted by Gasteiger charge is 2.45. The molecule has 46 heavy (non-hydrogen) atoms. The first-order chi connectivity index (χ1) is 22.1. The van der Waals surface area contributed by atoms with Gasteiger partial charge in [0, 0.05) is 12.2 Å². The number of benzene rings is 2. The normalized spacial score (nSPS) is 22.0. The van der Waals surface area contributed by atoms with E-state index in [1.807, 2.05) is 6.92 Å². The lowest BCUT2D eigenvalue weighted by Crippen LogP contribution is -2.59. The summed E-state index contributed by atoms with van der Waals surface area (Å²) in [5.74, 6) is -1.48. The summed E-state index contributed by atoms with van der Waals surface area (Å²) in [5.41, 5.74) is 1.03. The maximum atomic E-state index is 12.4. The van der Waals surface area contributed by atoms with Crippen molar-refractivity contribution in [3.63, 3.8) is 0 Å². The Morgan fingerprint density at radius 3 is 2.28 bits per heavy atom. The van der Waals surface area contributed by atoms with Gasteiger partial charge >= 0.3 is 11.9 Å². The molecule has 0 aromatic heterocycles. The predicted molar refractivity (Wildman–Crippen MR) is 159 cm³/mol. The molecule has 0 aliphatic carbocycles. The minimum Gasteiger partial charge on any atom is -0.502 e. The van der Waals surface area contributed by atoms with E-state index in [9.17, 15) is 35.1 Å². The molecule has 6 N–H and O–H groups in total. The zero-order valence-electron chi connectivity index (χ0n) is 25.1. The van der Waals surface area contributed by atoms with E-state index in [1.54, 1.807) is 24.3 Å². The van der Waals surface area contributed by atoms with Crippen LogP contribution in [0.3, 0.4) is 0 Å². The Morgan fingerprint density at radius 1 is 0.935 bits per heavy atom. The number of carbonyl (C=O) groups is 2. The third-order valence-corrected chi connectivity index (χ3v) is 6.41. The van der Waals surface area contributed by atoms with E-state index in [4.69, 9.17) is 38.3 Å². The van der Waals surface area contributed by atoms with Gasteiger partial charge in [0.1, 0.15) is 42.9 Å². The zero-order chi connectivity index (χ0) is 33.6. The van der Waals surface area contributed by atoms with Crippen molar-refractivity contribution in [2.24, 2.45) is 0 Å². The minimum atomic E-state index is -1.75. The van der Waals surface area contributed by atoms with Gasteiger partial charge in [-0.1, -0.05) is 12.1 Å². The summed E-state index contributed by atoms with van der Waals surface area (Å²) in [7, 11) is 1.30. The van der Waals surface area contributed by atoms with Crippen molar-refractivity contribution in [1.29, 1.82) is 0 Å². The topological polar surface area (TPSA) is 220 Å². The fourth-order valence-electron chi connectivity index (χ4n) is 3.99. The van der Waals surface area contributed by atoms with Gasteiger partial charge in [-0.3, -0.25) is 0 Å². The van der Waals surface area contributed by atoms with Gasteiger partial charge in [0.15, 0.2) is 18.3 Å². The van der Waals surface area contributed by atoms with E-state index >= 15 is 0 Å². The average Bonchev–Trinajstić information content (AvgIpc) is 3.06. The number of esters is 2. The Balaban J connectivity index is 1.55. The summed E-state index contributed by atoms with van der Waals surface area (Å²) in [6.45, 7) is 0.524. The maximum Gasteiger partial charge on any atom is 0.333 e. The Bertz CT molecular complexity index is 1330. The third-order valence-electron chi connectivity index (χ3n) is 6.41. The molecule has 1 aliphatic heterocycles. The fraction of sp³-hybridized carbons (Fsp3) is 0.419. The second kappa shape index (κ2) is 18.1. The highest BCUT2D eigenvalue weighted by molar-refractivity contribution is 5.87. The molecular formula is C31H38O15. The van der Waals surface area contributed by atoms with Crippen LogP contribution in [0.25, 0.3) is 12.2 Å². The Kier molecular flexibility index (Phi) is 14.2. The summed E-state index contributed by atoms with van der Waals surface area (Å²) in [6.07, 6.45) is -4.20. The van der Waals surface area contributed by atoms with Crippen LogP contribution in [0.15, 0.2) is 48.6 Å². The van der Waals surface area contributed by atoms with Crippen LogP contribution in [0, 0.1) is 0 Å². The molecule has 1 saturated heterocycles. The van der Waals surface area contributed by atoms with Crippen molar-refractivity contribution in [1.82, 2.24) is 0 Å². The van der Waals surface area contributed by atoms with Crippen LogP contribution in [0.2, 0.25) is 0 Å².